The van der Waals surface area contributed by atoms with Gasteiger partial charge in [0.1, 0.15) is 5.01 Å². The number of aromatic nitrogens is 1. The summed E-state index contributed by atoms with van der Waals surface area (Å²) in [4.78, 5) is 4.34. The van der Waals surface area contributed by atoms with Crippen molar-refractivity contribution in [3.63, 3.8) is 0 Å². The SMILES string of the molecule is Brc1cnc(-c2ccc(C3OCCCO3)cc2)s1. The minimum Gasteiger partial charge on any atom is -0.348 e. The van der Waals surface area contributed by atoms with Crippen molar-refractivity contribution in [2.75, 3.05) is 13.2 Å². The fraction of sp³-hybridized carbons (Fsp3) is 0.308. The van der Waals surface area contributed by atoms with Crippen LogP contribution in [-0.4, -0.2) is 18.2 Å². The zero-order chi connectivity index (χ0) is 12.4. The number of thiazole rings is 1. The second kappa shape index (κ2) is 5.48. The van der Waals surface area contributed by atoms with Gasteiger partial charge in [-0.1, -0.05) is 24.3 Å². The van der Waals surface area contributed by atoms with Gasteiger partial charge in [-0.05, 0) is 22.4 Å². The van der Waals surface area contributed by atoms with Crippen LogP contribution < -0.4 is 0 Å². The lowest BCUT2D eigenvalue weighted by atomic mass is 10.1. The molecule has 0 bridgehead atoms. The van der Waals surface area contributed by atoms with E-state index in [1.165, 1.54) is 0 Å². The van der Waals surface area contributed by atoms with Gasteiger partial charge in [0.2, 0.25) is 0 Å². The van der Waals surface area contributed by atoms with E-state index in [2.05, 4.69) is 33.0 Å². The average molecular weight is 326 g/mol. The first-order valence-corrected chi connectivity index (χ1v) is 7.39. The third-order valence-corrected chi connectivity index (χ3v) is 4.26. The second-order valence-electron chi connectivity index (χ2n) is 4.02. The largest absolute Gasteiger partial charge is 0.348 e. The zero-order valence-electron chi connectivity index (χ0n) is 9.64. The highest BCUT2D eigenvalue weighted by Crippen LogP contribution is 2.30. The summed E-state index contributed by atoms with van der Waals surface area (Å²) < 4.78 is 12.2. The Kier molecular flexibility index (Phi) is 3.75. The fourth-order valence-corrected chi connectivity index (χ4v) is 3.06. The van der Waals surface area contributed by atoms with Crippen LogP contribution in [0.5, 0.6) is 0 Å². The lowest BCUT2D eigenvalue weighted by Gasteiger charge is -2.23. The van der Waals surface area contributed by atoms with Gasteiger partial charge in [-0.2, -0.15) is 0 Å². The summed E-state index contributed by atoms with van der Waals surface area (Å²) in [6, 6.07) is 8.20. The lowest BCUT2D eigenvalue weighted by molar-refractivity contribution is -0.183. The smallest absolute Gasteiger partial charge is 0.183 e. The number of hydrogen-bond donors (Lipinski definition) is 0. The summed E-state index contributed by atoms with van der Waals surface area (Å²) in [5.74, 6) is 0. The van der Waals surface area contributed by atoms with Gasteiger partial charge in [0.05, 0.1) is 23.2 Å². The Morgan fingerprint density at radius 1 is 1.17 bits per heavy atom. The molecule has 1 fully saturated rings. The molecule has 18 heavy (non-hydrogen) atoms. The molecular weight excluding hydrogens is 314 g/mol. The maximum absolute atomic E-state index is 5.57. The predicted molar refractivity (Wildman–Crippen MR) is 74.5 cm³/mol. The Labute approximate surface area is 118 Å². The molecule has 0 saturated carbocycles. The number of nitrogens with zero attached hydrogens (tertiary/aromatic N) is 1. The quantitative estimate of drug-likeness (QED) is 0.836. The van der Waals surface area contributed by atoms with Gasteiger partial charge >= 0.3 is 0 Å². The molecule has 0 unspecified atom stereocenters. The molecule has 0 atom stereocenters. The van der Waals surface area contributed by atoms with E-state index in [-0.39, 0.29) is 6.29 Å². The van der Waals surface area contributed by atoms with Crippen LogP contribution in [0.1, 0.15) is 18.3 Å². The molecule has 0 aliphatic carbocycles. The van der Waals surface area contributed by atoms with E-state index in [0.717, 1.165) is 39.6 Å². The predicted octanol–water partition coefficient (Wildman–Crippen LogP) is 4.01. The van der Waals surface area contributed by atoms with Crippen molar-refractivity contribution < 1.29 is 9.47 Å². The molecule has 3 rings (SSSR count). The Bertz CT molecular complexity index is 520. The Balaban J connectivity index is 1.80. The van der Waals surface area contributed by atoms with Crippen molar-refractivity contribution in [3.8, 4) is 10.6 Å². The molecule has 2 aromatic rings. The Hall–Kier alpha value is -0.750. The highest BCUT2D eigenvalue weighted by molar-refractivity contribution is 9.11. The minimum atomic E-state index is -0.212. The first kappa shape index (κ1) is 12.3. The van der Waals surface area contributed by atoms with E-state index >= 15 is 0 Å². The highest BCUT2D eigenvalue weighted by Gasteiger charge is 2.16. The Morgan fingerprint density at radius 3 is 2.50 bits per heavy atom. The molecule has 1 saturated heterocycles. The maximum Gasteiger partial charge on any atom is 0.183 e. The monoisotopic (exact) mass is 325 g/mol. The topological polar surface area (TPSA) is 31.4 Å². The van der Waals surface area contributed by atoms with Crippen LogP contribution in [0.3, 0.4) is 0 Å². The molecule has 0 radical (unpaired) electrons. The summed E-state index contributed by atoms with van der Waals surface area (Å²) in [6.07, 6.45) is 2.58. The second-order valence-corrected chi connectivity index (χ2v) is 6.43. The van der Waals surface area contributed by atoms with Crippen molar-refractivity contribution in [3.05, 3.63) is 39.8 Å². The van der Waals surface area contributed by atoms with Crippen LogP contribution >= 0.6 is 27.3 Å². The zero-order valence-corrected chi connectivity index (χ0v) is 12.0. The first-order valence-electron chi connectivity index (χ1n) is 5.78. The van der Waals surface area contributed by atoms with Crippen molar-refractivity contribution in [2.24, 2.45) is 0 Å². The molecule has 1 aromatic heterocycles. The molecule has 2 heterocycles. The molecule has 0 amide bonds. The fourth-order valence-electron chi connectivity index (χ4n) is 1.85. The third-order valence-electron chi connectivity index (χ3n) is 2.73. The van der Waals surface area contributed by atoms with Gasteiger partial charge in [-0.15, -0.1) is 11.3 Å². The molecule has 1 aromatic carbocycles. The lowest BCUT2D eigenvalue weighted by Crippen LogP contribution is -2.17. The molecule has 94 valence electrons. The van der Waals surface area contributed by atoms with E-state index in [1.807, 2.05) is 18.3 Å². The van der Waals surface area contributed by atoms with Gasteiger partial charge in [-0.25, -0.2) is 4.98 Å². The van der Waals surface area contributed by atoms with Crippen LogP contribution in [0.4, 0.5) is 0 Å². The van der Waals surface area contributed by atoms with E-state index < -0.39 is 0 Å². The van der Waals surface area contributed by atoms with Crippen LogP contribution in [0.25, 0.3) is 10.6 Å². The van der Waals surface area contributed by atoms with Gasteiger partial charge in [0.15, 0.2) is 6.29 Å². The van der Waals surface area contributed by atoms with E-state index in [0.29, 0.717) is 0 Å². The number of rotatable bonds is 2. The van der Waals surface area contributed by atoms with E-state index in [4.69, 9.17) is 9.47 Å². The van der Waals surface area contributed by atoms with Gasteiger partial charge in [0.25, 0.3) is 0 Å². The van der Waals surface area contributed by atoms with E-state index in [9.17, 15) is 0 Å². The average Bonchev–Trinajstić information content (AvgIpc) is 2.87. The normalized spacial score (nSPS) is 16.9. The third kappa shape index (κ3) is 2.64. The van der Waals surface area contributed by atoms with Crippen LogP contribution in [0.2, 0.25) is 0 Å². The van der Waals surface area contributed by atoms with Gasteiger partial charge in [-0.3, -0.25) is 0 Å². The summed E-state index contributed by atoms with van der Waals surface area (Å²) in [6.45, 7) is 1.54. The summed E-state index contributed by atoms with van der Waals surface area (Å²) >= 11 is 5.05. The minimum absolute atomic E-state index is 0.212. The van der Waals surface area contributed by atoms with Crippen LogP contribution in [0.15, 0.2) is 34.2 Å². The molecule has 1 aliphatic heterocycles. The summed E-state index contributed by atoms with van der Waals surface area (Å²) in [7, 11) is 0. The number of hydrogen-bond acceptors (Lipinski definition) is 4. The molecule has 0 spiro atoms. The van der Waals surface area contributed by atoms with Crippen molar-refractivity contribution in [2.45, 2.75) is 12.7 Å². The van der Waals surface area contributed by atoms with Gasteiger partial charge in [0, 0.05) is 11.1 Å². The van der Waals surface area contributed by atoms with Crippen LogP contribution in [0, 0.1) is 0 Å². The molecule has 1 aliphatic rings. The molecule has 5 heteroatoms. The van der Waals surface area contributed by atoms with Gasteiger partial charge < -0.3 is 9.47 Å². The maximum atomic E-state index is 5.57. The number of halogens is 1. The first-order chi connectivity index (χ1) is 8.83. The number of benzene rings is 1. The van der Waals surface area contributed by atoms with Crippen molar-refractivity contribution in [1.82, 2.24) is 4.98 Å². The summed E-state index contributed by atoms with van der Waals surface area (Å²) in [5.41, 5.74) is 2.18. The summed E-state index contributed by atoms with van der Waals surface area (Å²) in [5, 5.41) is 1.01. The van der Waals surface area contributed by atoms with Crippen molar-refractivity contribution >= 4 is 27.3 Å². The highest BCUT2D eigenvalue weighted by atomic mass is 79.9. The molecule has 0 N–H and O–H groups in total. The van der Waals surface area contributed by atoms with Crippen LogP contribution in [-0.2, 0) is 9.47 Å². The van der Waals surface area contributed by atoms with E-state index in [1.54, 1.807) is 11.3 Å². The standard InChI is InChI=1S/C13H12BrNO2S/c14-11-8-15-12(18-11)9-2-4-10(5-3-9)13-16-6-1-7-17-13/h2-5,8,13H,1,6-7H2. The Morgan fingerprint density at radius 2 is 1.89 bits per heavy atom. The molecular formula is C13H12BrNO2S. The number of ether oxygens (including phenoxy) is 2. The van der Waals surface area contributed by atoms with Crippen molar-refractivity contribution in [1.29, 1.82) is 0 Å². The molecule has 3 nitrogen and oxygen atoms in total.